The predicted octanol–water partition coefficient (Wildman–Crippen LogP) is 9.77. The molecule has 0 aromatic rings. The molecule has 0 aliphatic rings. The molecule has 0 saturated carbocycles. The van der Waals surface area contributed by atoms with Crippen molar-refractivity contribution in [3.63, 3.8) is 0 Å². The minimum atomic E-state index is 0.168. The molecule has 0 radical (unpaired) electrons. The number of carbonyl (C=O) groups is 2. The topological polar surface area (TPSA) is 70.2 Å². The predicted molar refractivity (Wildman–Crippen MR) is 180 cm³/mol. The zero-order chi connectivity index (χ0) is 29.9. The first-order valence-electron chi connectivity index (χ1n) is 18.4. The summed E-state index contributed by atoms with van der Waals surface area (Å²) in [5, 5.41) is 9.31. The van der Waals surface area contributed by atoms with Crippen LogP contribution in [0.1, 0.15) is 194 Å². The molecule has 0 aromatic carbocycles. The minimum Gasteiger partial charge on any atom is -0.355 e. The maximum Gasteiger partial charge on any atom is 0.220 e. The van der Waals surface area contributed by atoms with E-state index in [1.807, 2.05) is 0 Å². The van der Waals surface area contributed by atoms with E-state index in [2.05, 4.69) is 29.8 Å². The monoisotopic (exact) mass is 580 g/mol. The second kappa shape index (κ2) is 35.1. The second-order valence-electron chi connectivity index (χ2n) is 12.4. The highest BCUT2D eigenvalue weighted by Gasteiger charge is 2.02. The van der Waals surface area contributed by atoms with E-state index in [1.54, 1.807) is 0 Å². The Balaban J connectivity index is 3.25. The Morgan fingerprint density at radius 1 is 0.341 bits per heavy atom. The Labute approximate surface area is 256 Å². The van der Waals surface area contributed by atoms with Crippen molar-refractivity contribution in [2.24, 2.45) is 0 Å². The van der Waals surface area contributed by atoms with Gasteiger partial charge in [-0.3, -0.25) is 9.59 Å². The minimum absolute atomic E-state index is 0.168. The lowest BCUT2D eigenvalue weighted by Crippen LogP contribution is -2.36. The smallest absolute Gasteiger partial charge is 0.220 e. The first-order valence-corrected chi connectivity index (χ1v) is 18.4. The van der Waals surface area contributed by atoms with Crippen molar-refractivity contribution in [2.45, 2.75) is 194 Å². The van der Waals surface area contributed by atoms with Gasteiger partial charge < -0.3 is 16.0 Å². The normalized spacial score (nSPS) is 11.2. The van der Waals surface area contributed by atoms with Crippen LogP contribution in [0.2, 0.25) is 0 Å². The maximum absolute atomic E-state index is 12.0. The van der Waals surface area contributed by atoms with Crippen molar-refractivity contribution in [3.8, 4) is 0 Å². The summed E-state index contributed by atoms with van der Waals surface area (Å²) >= 11 is 0. The van der Waals surface area contributed by atoms with Gasteiger partial charge in [-0.1, -0.05) is 168 Å². The molecule has 0 saturated heterocycles. The van der Waals surface area contributed by atoms with Gasteiger partial charge in [-0.15, -0.1) is 0 Å². The van der Waals surface area contributed by atoms with Crippen LogP contribution in [0.5, 0.6) is 0 Å². The maximum atomic E-state index is 12.0. The van der Waals surface area contributed by atoms with Crippen LogP contribution in [0.4, 0.5) is 0 Å². The molecule has 5 nitrogen and oxygen atoms in total. The summed E-state index contributed by atoms with van der Waals surface area (Å²) in [5.74, 6) is 0.335. The largest absolute Gasteiger partial charge is 0.355 e. The van der Waals surface area contributed by atoms with Crippen LogP contribution in [-0.2, 0) is 9.59 Å². The molecule has 0 rings (SSSR count). The van der Waals surface area contributed by atoms with Crippen molar-refractivity contribution < 1.29 is 9.59 Å². The van der Waals surface area contributed by atoms with E-state index in [9.17, 15) is 9.59 Å². The van der Waals surface area contributed by atoms with E-state index in [4.69, 9.17) is 0 Å². The highest BCUT2D eigenvalue weighted by atomic mass is 16.2. The van der Waals surface area contributed by atoms with Crippen LogP contribution in [-0.4, -0.2) is 38.0 Å². The van der Waals surface area contributed by atoms with Crippen molar-refractivity contribution >= 4 is 11.8 Å². The highest BCUT2D eigenvalue weighted by molar-refractivity contribution is 5.76. The molecule has 5 heteroatoms. The first kappa shape index (κ1) is 39.9. The fraction of sp³-hybridized carbons (Fsp3) is 0.944. The van der Waals surface area contributed by atoms with E-state index < -0.39 is 0 Å². The Morgan fingerprint density at radius 3 is 0.854 bits per heavy atom. The number of carbonyl (C=O) groups excluding carboxylic acids is 2. The molecule has 0 unspecified atom stereocenters. The molecule has 0 fully saturated rings. The van der Waals surface area contributed by atoms with E-state index in [0.29, 0.717) is 25.9 Å². The number of unbranched alkanes of at least 4 members (excludes halogenated alkanes) is 24. The molecule has 0 spiro atoms. The fourth-order valence-electron chi connectivity index (χ4n) is 5.49. The van der Waals surface area contributed by atoms with E-state index in [-0.39, 0.29) is 11.8 Å². The standard InChI is InChI=1S/C36H73N3O2/c1-3-5-7-9-11-13-15-17-19-21-23-25-27-29-35(40)38-33-31-37-32-34-39-36(41)30-28-26-24-22-20-18-16-14-12-10-8-6-4-2/h37H,3-34H2,1-2H3,(H,38,40)(H,39,41). The Hall–Kier alpha value is -1.10. The molecular weight excluding hydrogens is 506 g/mol. The Kier molecular flexibility index (Phi) is 34.2. The lowest BCUT2D eigenvalue weighted by molar-refractivity contribution is -0.121. The van der Waals surface area contributed by atoms with E-state index in [1.165, 1.54) is 154 Å². The molecule has 0 bridgehead atoms. The average Bonchev–Trinajstić information content (AvgIpc) is 2.97. The Morgan fingerprint density at radius 2 is 0.585 bits per heavy atom. The van der Waals surface area contributed by atoms with E-state index >= 15 is 0 Å². The molecule has 3 N–H and O–H groups in total. The summed E-state index contributed by atoms with van der Waals surface area (Å²) in [7, 11) is 0. The number of rotatable bonds is 34. The van der Waals surface area contributed by atoms with Crippen molar-refractivity contribution in [2.75, 3.05) is 26.2 Å². The molecule has 0 aliphatic heterocycles. The summed E-state index contributed by atoms with van der Waals surface area (Å²) in [6, 6.07) is 0. The van der Waals surface area contributed by atoms with Gasteiger partial charge in [0, 0.05) is 39.0 Å². The third-order valence-corrected chi connectivity index (χ3v) is 8.26. The third kappa shape index (κ3) is 35.0. The number of hydrogen-bond acceptors (Lipinski definition) is 3. The van der Waals surface area contributed by atoms with Crippen LogP contribution in [0, 0.1) is 0 Å². The summed E-state index contributed by atoms with van der Waals surface area (Å²) in [6.45, 7) is 7.36. The Bertz CT molecular complexity index is 495. The zero-order valence-electron chi connectivity index (χ0n) is 27.9. The van der Waals surface area contributed by atoms with E-state index in [0.717, 1.165) is 25.9 Å². The molecule has 2 amide bonds. The molecule has 244 valence electrons. The van der Waals surface area contributed by atoms with Crippen LogP contribution in [0.3, 0.4) is 0 Å². The zero-order valence-corrected chi connectivity index (χ0v) is 27.9. The molecule has 0 aromatic heterocycles. The molecule has 0 atom stereocenters. The third-order valence-electron chi connectivity index (χ3n) is 8.26. The fourth-order valence-corrected chi connectivity index (χ4v) is 5.49. The summed E-state index contributed by atoms with van der Waals surface area (Å²) in [4.78, 5) is 24.0. The summed E-state index contributed by atoms with van der Waals surface area (Å²) in [6.07, 6.45) is 35.8. The van der Waals surface area contributed by atoms with Crippen molar-refractivity contribution in [1.82, 2.24) is 16.0 Å². The SMILES string of the molecule is CCCCCCCCCCCCCCCC(=O)NCCNCCNC(=O)CCCCCCCCCCCCCCC. The van der Waals surface area contributed by atoms with Crippen LogP contribution in [0.25, 0.3) is 0 Å². The van der Waals surface area contributed by atoms with Gasteiger partial charge in [-0.2, -0.15) is 0 Å². The second-order valence-corrected chi connectivity index (χ2v) is 12.4. The average molecular weight is 580 g/mol. The van der Waals surface area contributed by atoms with Crippen molar-refractivity contribution in [3.05, 3.63) is 0 Å². The molecular formula is C36H73N3O2. The van der Waals surface area contributed by atoms with Crippen LogP contribution >= 0.6 is 0 Å². The first-order chi connectivity index (χ1) is 20.2. The molecule has 0 aliphatic carbocycles. The van der Waals surface area contributed by atoms with Gasteiger partial charge in [0.05, 0.1) is 0 Å². The van der Waals surface area contributed by atoms with Gasteiger partial charge in [0.2, 0.25) is 11.8 Å². The lowest BCUT2D eigenvalue weighted by Gasteiger charge is -2.08. The number of amides is 2. The van der Waals surface area contributed by atoms with Crippen LogP contribution in [0.15, 0.2) is 0 Å². The van der Waals surface area contributed by atoms with Crippen molar-refractivity contribution in [1.29, 1.82) is 0 Å². The van der Waals surface area contributed by atoms with Gasteiger partial charge in [-0.05, 0) is 12.8 Å². The molecule has 0 heterocycles. The quantitative estimate of drug-likeness (QED) is 0.0664. The van der Waals surface area contributed by atoms with Crippen LogP contribution < -0.4 is 16.0 Å². The number of hydrogen-bond donors (Lipinski definition) is 3. The highest BCUT2D eigenvalue weighted by Crippen LogP contribution is 2.14. The van der Waals surface area contributed by atoms with Gasteiger partial charge in [-0.25, -0.2) is 0 Å². The summed E-state index contributed by atoms with van der Waals surface area (Å²) in [5.41, 5.74) is 0. The van der Waals surface area contributed by atoms with Gasteiger partial charge >= 0.3 is 0 Å². The molecule has 41 heavy (non-hydrogen) atoms. The van der Waals surface area contributed by atoms with Gasteiger partial charge in [0.1, 0.15) is 0 Å². The number of nitrogens with one attached hydrogen (secondary N) is 3. The van der Waals surface area contributed by atoms with Gasteiger partial charge in [0.15, 0.2) is 0 Å². The lowest BCUT2D eigenvalue weighted by atomic mass is 10.0. The summed E-state index contributed by atoms with van der Waals surface area (Å²) < 4.78 is 0. The van der Waals surface area contributed by atoms with Gasteiger partial charge in [0.25, 0.3) is 0 Å².